The van der Waals surface area contributed by atoms with Gasteiger partial charge in [0.25, 0.3) is 10.0 Å². The van der Waals surface area contributed by atoms with Gasteiger partial charge >= 0.3 is 5.97 Å². The molecule has 0 radical (unpaired) electrons. The summed E-state index contributed by atoms with van der Waals surface area (Å²) < 4.78 is 26.4. The fraction of sp³-hybridized carbons (Fsp3) is 0. The van der Waals surface area contributed by atoms with Gasteiger partial charge in [-0.2, -0.15) is 0 Å². The second kappa shape index (κ2) is 5.48. The Bertz CT molecular complexity index is 747. The monoisotopic (exact) mass is 312 g/mol. The number of hydrogen-bond acceptors (Lipinski definition) is 4. The van der Waals surface area contributed by atoms with Crippen LogP contribution in [0.2, 0.25) is 5.02 Å². The SMILES string of the molecule is O=C(O)c1ccc(Cl)c(NS(=O)(=O)c2cccnc2)c1. The topological polar surface area (TPSA) is 96.4 Å². The normalized spacial score (nSPS) is 11.1. The first-order valence-corrected chi connectivity index (χ1v) is 7.22. The molecule has 104 valence electrons. The third-order valence-corrected chi connectivity index (χ3v) is 4.08. The Morgan fingerprint density at radius 1 is 1.30 bits per heavy atom. The van der Waals surface area contributed by atoms with Crippen LogP contribution in [0.5, 0.6) is 0 Å². The van der Waals surface area contributed by atoms with E-state index in [1.807, 2.05) is 0 Å². The van der Waals surface area contributed by atoms with E-state index in [0.29, 0.717) is 0 Å². The molecule has 0 amide bonds. The van der Waals surface area contributed by atoms with E-state index in [9.17, 15) is 13.2 Å². The van der Waals surface area contributed by atoms with Crippen LogP contribution in [-0.2, 0) is 10.0 Å². The van der Waals surface area contributed by atoms with Crippen molar-refractivity contribution >= 4 is 33.3 Å². The summed E-state index contributed by atoms with van der Waals surface area (Å²) in [6.07, 6.45) is 2.62. The maximum Gasteiger partial charge on any atom is 0.335 e. The standard InChI is InChI=1S/C12H9ClN2O4S/c13-10-4-3-8(12(16)17)6-11(10)15-20(18,19)9-2-1-5-14-7-9/h1-7,15H,(H,16,17). The van der Waals surface area contributed by atoms with Crippen molar-refractivity contribution in [2.75, 3.05) is 4.72 Å². The summed E-state index contributed by atoms with van der Waals surface area (Å²) in [5.41, 5.74) is -0.0753. The number of nitrogens with zero attached hydrogens (tertiary/aromatic N) is 1. The third-order valence-electron chi connectivity index (χ3n) is 2.40. The van der Waals surface area contributed by atoms with Crippen LogP contribution in [0.15, 0.2) is 47.6 Å². The molecule has 0 spiro atoms. The minimum Gasteiger partial charge on any atom is -0.478 e. The molecule has 20 heavy (non-hydrogen) atoms. The second-order valence-corrected chi connectivity index (χ2v) is 5.88. The van der Waals surface area contributed by atoms with Crippen LogP contribution in [0.4, 0.5) is 5.69 Å². The summed E-state index contributed by atoms with van der Waals surface area (Å²) in [6.45, 7) is 0. The predicted octanol–water partition coefficient (Wildman–Crippen LogP) is 2.23. The number of anilines is 1. The predicted molar refractivity (Wildman–Crippen MR) is 73.5 cm³/mol. The Hall–Kier alpha value is -2.12. The lowest BCUT2D eigenvalue weighted by Crippen LogP contribution is -2.14. The van der Waals surface area contributed by atoms with Gasteiger partial charge in [-0.15, -0.1) is 0 Å². The molecule has 2 aromatic rings. The molecule has 0 unspecified atom stereocenters. The molecule has 0 atom stereocenters. The largest absolute Gasteiger partial charge is 0.478 e. The van der Waals surface area contributed by atoms with Crippen molar-refractivity contribution in [2.24, 2.45) is 0 Å². The Labute approximate surface area is 120 Å². The zero-order chi connectivity index (χ0) is 14.8. The molecule has 2 rings (SSSR count). The highest BCUT2D eigenvalue weighted by Crippen LogP contribution is 2.25. The number of carboxylic acids is 1. The fourth-order valence-electron chi connectivity index (χ4n) is 1.45. The number of pyridine rings is 1. The van der Waals surface area contributed by atoms with Gasteiger partial charge in [0.1, 0.15) is 4.90 Å². The summed E-state index contributed by atoms with van der Waals surface area (Å²) >= 11 is 5.86. The van der Waals surface area contributed by atoms with Gasteiger partial charge in [-0.1, -0.05) is 11.6 Å². The maximum absolute atomic E-state index is 12.1. The number of rotatable bonds is 4. The molecule has 6 nitrogen and oxygen atoms in total. The molecular weight excluding hydrogens is 304 g/mol. The highest BCUT2D eigenvalue weighted by atomic mass is 35.5. The maximum atomic E-state index is 12.1. The molecule has 0 fully saturated rings. The van der Waals surface area contributed by atoms with Crippen LogP contribution in [0.25, 0.3) is 0 Å². The number of aromatic nitrogens is 1. The fourth-order valence-corrected chi connectivity index (χ4v) is 2.70. The van der Waals surface area contributed by atoms with E-state index >= 15 is 0 Å². The zero-order valence-electron chi connectivity index (χ0n) is 9.95. The quantitative estimate of drug-likeness (QED) is 0.902. The first-order chi connectivity index (χ1) is 9.40. The average Bonchev–Trinajstić information content (AvgIpc) is 2.42. The molecular formula is C12H9ClN2O4S. The van der Waals surface area contributed by atoms with Gasteiger partial charge in [0.05, 0.1) is 16.3 Å². The van der Waals surface area contributed by atoms with Gasteiger partial charge in [-0.05, 0) is 30.3 Å². The van der Waals surface area contributed by atoms with Gasteiger partial charge in [-0.25, -0.2) is 13.2 Å². The van der Waals surface area contributed by atoms with Crippen LogP contribution >= 0.6 is 11.6 Å². The Morgan fingerprint density at radius 2 is 2.05 bits per heavy atom. The Balaban J connectivity index is 2.39. The summed E-state index contributed by atoms with van der Waals surface area (Å²) in [5, 5.41) is 8.98. The van der Waals surface area contributed by atoms with E-state index in [2.05, 4.69) is 9.71 Å². The van der Waals surface area contributed by atoms with Gasteiger partial charge in [-0.3, -0.25) is 9.71 Å². The number of benzene rings is 1. The lowest BCUT2D eigenvalue weighted by Gasteiger charge is -2.10. The van der Waals surface area contributed by atoms with Crippen LogP contribution in [0, 0.1) is 0 Å². The van der Waals surface area contributed by atoms with Crippen LogP contribution < -0.4 is 4.72 Å². The molecule has 1 heterocycles. The van der Waals surface area contributed by atoms with E-state index in [1.54, 1.807) is 0 Å². The van der Waals surface area contributed by atoms with Crippen LogP contribution in [0.1, 0.15) is 10.4 Å². The van der Waals surface area contributed by atoms with Crippen molar-refractivity contribution in [1.29, 1.82) is 0 Å². The summed E-state index contributed by atoms with van der Waals surface area (Å²) in [7, 11) is -3.87. The lowest BCUT2D eigenvalue weighted by molar-refractivity contribution is 0.0697. The van der Waals surface area contributed by atoms with Gasteiger partial charge < -0.3 is 5.11 Å². The van der Waals surface area contributed by atoms with Crippen molar-refractivity contribution in [1.82, 2.24) is 4.98 Å². The molecule has 8 heteroatoms. The molecule has 0 saturated carbocycles. The molecule has 0 aliphatic heterocycles. The van der Waals surface area contributed by atoms with Gasteiger partial charge in [0, 0.05) is 12.4 Å². The molecule has 0 bridgehead atoms. The molecule has 0 aliphatic carbocycles. The minimum atomic E-state index is -3.87. The highest BCUT2D eigenvalue weighted by Gasteiger charge is 2.17. The Morgan fingerprint density at radius 3 is 2.65 bits per heavy atom. The van der Waals surface area contributed by atoms with Crippen molar-refractivity contribution in [3.05, 3.63) is 53.3 Å². The molecule has 2 N–H and O–H groups in total. The molecule has 1 aromatic carbocycles. The molecule has 1 aromatic heterocycles. The van der Waals surface area contributed by atoms with E-state index in [-0.39, 0.29) is 21.2 Å². The number of nitrogens with one attached hydrogen (secondary N) is 1. The van der Waals surface area contributed by atoms with Crippen molar-refractivity contribution < 1.29 is 18.3 Å². The number of carbonyl (C=O) groups is 1. The van der Waals surface area contributed by atoms with Crippen molar-refractivity contribution in [2.45, 2.75) is 4.90 Å². The minimum absolute atomic E-state index is 0.00424. The summed E-state index contributed by atoms with van der Waals surface area (Å²) in [4.78, 5) is 14.5. The Kier molecular flexibility index (Phi) is 3.91. The van der Waals surface area contributed by atoms with E-state index in [0.717, 1.165) is 6.07 Å². The van der Waals surface area contributed by atoms with E-state index < -0.39 is 16.0 Å². The molecule has 0 saturated heterocycles. The second-order valence-electron chi connectivity index (χ2n) is 3.79. The van der Waals surface area contributed by atoms with Crippen LogP contribution in [-0.4, -0.2) is 24.5 Å². The number of halogens is 1. The number of sulfonamides is 1. The number of carboxylic acid groups (broad SMARTS) is 1. The average molecular weight is 313 g/mol. The zero-order valence-corrected chi connectivity index (χ0v) is 11.5. The van der Waals surface area contributed by atoms with Gasteiger partial charge in [0.15, 0.2) is 0 Å². The number of aromatic carboxylic acids is 1. The highest BCUT2D eigenvalue weighted by molar-refractivity contribution is 7.92. The first kappa shape index (κ1) is 14.3. The lowest BCUT2D eigenvalue weighted by atomic mass is 10.2. The van der Waals surface area contributed by atoms with Crippen LogP contribution in [0.3, 0.4) is 0 Å². The number of hydrogen-bond donors (Lipinski definition) is 2. The molecule has 0 aliphatic rings. The summed E-state index contributed by atoms with van der Waals surface area (Å²) in [5.74, 6) is -1.18. The van der Waals surface area contributed by atoms with Crippen molar-refractivity contribution in [3.63, 3.8) is 0 Å². The van der Waals surface area contributed by atoms with Crippen molar-refractivity contribution in [3.8, 4) is 0 Å². The van der Waals surface area contributed by atoms with Gasteiger partial charge in [0.2, 0.25) is 0 Å². The third kappa shape index (κ3) is 3.06. The summed E-state index contributed by atoms with van der Waals surface area (Å²) in [6, 6.07) is 6.59. The first-order valence-electron chi connectivity index (χ1n) is 5.36. The van der Waals surface area contributed by atoms with E-state index in [1.165, 1.54) is 36.7 Å². The smallest absolute Gasteiger partial charge is 0.335 e. The van der Waals surface area contributed by atoms with E-state index in [4.69, 9.17) is 16.7 Å².